The number of hydrogen-bond donors (Lipinski definition) is 1. The van der Waals surface area contributed by atoms with Crippen molar-refractivity contribution in [3.63, 3.8) is 0 Å². The molecule has 2 aliphatic rings. The summed E-state index contributed by atoms with van der Waals surface area (Å²) in [6.45, 7) is 3.17. The topological polar surface area (TPSA) is 50.8 Å². The molecular formula is C22H26N2O3. The van der Waals surface area contributed by atoms with Crippen LogP contribution < -0.4 is 19.7 Å². The molecule has 27 heavy (non-hydrogen) atoms. The van der Waals surface area contributed by atoms with Crippen LogP contribution in [0.4, 0.5) is 5.69 Å². The number of carbonyl (C=O) groups excluding carboxylic acids is 1. The lowest BCUT2D eigenvalue weighted by molar-refractivity contribution is -0.126. The Kier molecular flexibility index (Phi) is 5.19. The second kappa shape index (κ2) is 7.91. The monoisotopic (exact) mass is 366 g/mol. The second-order valence-corrected chi connectivity index (χ2v) is 7.24. The number of carbonyl (C=O) groups is 1. The fourth-order valence-electron chi connectivity index (χ4n) is 3.90. The van der Waals surface area contributed by atoms with Gasteiger partial charge in [-0.15, -0.1) is 0 Å². The minimum absolute atomic E-state index is 0.0371. The highest BCUT2D eigenvalue weighted by molar-refractivity contribution is 5.79. The Morgan fingerprint density at radius 3 is 2.85 bits per heavy atom. The van der Waals surface area contributed by atoms with Crippen LogP contribution in [-0.2, 0) is 17.8 Å². The number of rotatable bonds is 5. The highest BCUT2D eigenvalue weighted by Crippen LogP contribution is 2.36. The van der Waals surface area contributed by atoms with E-state index in [2.05, 4.69) is 34.5 Å². The molecule has 5 heteroatoms. The molecule has 0 radical (unpaired) electrons. The van der Waals surface area contributed by atoms with Crippen LogP contribution in [0.1, 0.15) is 24.0 Å². The van der Waals surface area contributed by atoms with Crippen molar-refractivity contribution in [1.29, 1.82) is 0 Å². The summed E-state index contributed by atoms with van der Waals surface area (Å²) in [5.41, 5.74) is 3.41. The van der Waals surface area contributed by atoms with Crippen LogP contribution in [0, 0.1) is 5.92 Å². The molecule has 2 aromatic rings. The predicted octanol–water partition coefficient (Wildman–Crippen LogP) is 3.16. The zero-order chi connectivity index (χ0) is 18.6. The van der Waals surface area contributed by atoms with E-state index in [0.29, 0.717) is 19.6 Å². The third kappa shape index (κ3) is 3.87. The van der Waals surface area contributed by atoms with Crippen LogP contribution >= 0.6 is 0 Å². The number of amides is 1. The van der Waals surface area contributed by atoms with Gasteiger partial charge in [-0.1, -0.05) is 24.3 Å². The van der Waals surface area contributed by atoms with Gasteiger partial charge in [-0.3, -0.25) is 4.79 Å². The summed E-state index contributed by atoms with van der Waals surface area (Å²) in [4.78, 5) is 15.1. The second-order valence-electron chi connectivity index (χ2n) is 7.24. The lowest BCUT2D eigenvalue weighted by atomic mass is 9.95. The number of ether oxygens (including phenoxy) is 2. The largest absolute Gasteiger partial charge is 0.493 e. The molecule has 0 saturated carbocycles. The molecule has 2 aromatic carbocycles. The minimum atomic E-state index is -0.175. The fraction of sp³-hybridized carbons (Fsp3) is 0.409. The molecule has 2 heterocycles. The summed E-state index contributed by atoms with van der Waals surface area (Å²) in [5.74, 6) is 1.36. The molecule has 1 saturated heterocycles. The molecule has 1 atom stereocenters. The number of fused-ring (bicyclic) bond motifs is 1. The van der Waals surface area contributed by atoms with Gasteiger partial charge in [0.2, 0.25) is 5.91 Å². The molecule has 4 rings (SSSR count). The smallest absolute Gasteiger partial charge is 0.227 e. The fourth-order valence-corrected chi connectivity index (χ4v) is 3.90. The molecule has 5 nitrogen and oxygen atoms in total. The molecule has 1 amide bonds. The van der Waals surface area contributed by atoms with Crippen molar-refractivity contribution in [1.82, 2.24) is 5.32 Å². The quantitative estimate of drug-likeness (QED) is 0.883. The highest BCUT2D eigenvalue weighted by Gasteiger charge is 2.27. The minimum Gasteiger partial charge on any atom is -0.493 e. The number of anilines is 1. The van der Waals surface area contributed by atoms with Gasteiger partial charge in [0, 0.05) is 25.3 Å². The first kappa shape index (κ1) is 17.7. The molecule has 0 aromatic heterocycles. The summed E-state index contributed by atoms with van der Waals surface area (Å²) in [5, 5.41) is 3.08. The Morgan fingerprint density at radius 2 is 2.04 bits per heavy atom. The van der Waals surface area contributed by atoms with Crippen molar-refractivity contribution >= 4 is 11.6 Å². The van der Waals surface area contributed by atoms with Gasteiger partial charge in [-0.2, -0.15) is 0 Å². The van der Waals surface area contributed by atoms with E-state index in [0.717, 1.165) is 35.7 Å². The average Bonchev–Trinajstić information content (AvgIpc) is 3.26. The van der Waals surface area contributed by atoms with Crippen molar-refractivity contribution in [2.45, 2.75) is 25.8 Å². The molecule has 0 unspecified atom stereocenters. The van der Waals surface area contributed by atoms with Crippen molar-refractivity contribution < 1.29 is 14.3 Å². The number of para-hydroxylation sites is 1. The Hall–Kier alpha value is -2.69. The number of nitrogens with zero attached hydrogens (tertiary/aromatic N) is 1. The van der Waals surface area contributed by atoms with Crippen LogP contribution in [0.15, 0.2) is 42.5 Å². The van der Waals surface area contributed by atoms with Gasteiger partial charge in [0.1, 0.15) is 6.61 Å². The maximum Gasteiger partial charge on any atom is 0.227 e. The first-order valence-electron chi connectivity index (χ1n) is 9.65. The Labute approximate surface area is 160 Å². The molecule has 1 fully saturated rings. The highest BCUT2D eigenvalue weighted by atomic mass is 16.5. The van der Waals surface area contributed by atoms with E-state index in [4.69, 9.17) is 9.47 Å². The van der Waals surface area contributed by atoms with Crippen LogP contribution in [0.2, 0.25) is 0 Å². The van der Waals surface area contributed by atoms with E-state index in [1.165, 1.54) is 18.5 Å². The Morgan fingerprint density at radius 1 is 1.22 bits per heavy atom. The van der Waals surface area contributed by atoms with Crippen LogP contribution in [-0.4, -0.2) is 32.7 Å². The molecule has 2 aliphatic heterocycles. The van der Waals surface area contributed by atoms with Gasteiger partial charge >= 0.3 is 0 Å². The molecule has 1 N–H and O–H groups in total. The Bertz CT molecular complexity index is 815. The molecule has 0 spiro atoms. The van der Waals surface area contributed by atoms with Crippen LogP contribution in [0.5, 0.6) is 11.5 Å². The number of hydrogen-bond acceptors (Lipinski definition) is 4. The lowest BCUT2D eigenvalue weighted by Gasteiger charge is -2.26. The predicted molar refractivity (Wildman–Crippen MR) is 105 cm³/mol. The summed E-state index contributed by atoms with van der Waals surface area (Å²) < 4.78 is 11.2. The summed E-state index contributed by atoms with van der Waals surface area (Å²) in [6.07, 6.45) is 3.19. The van der Waals surface area contributed by atoms with Crippen molar-refractivity contribution in [3.8, 4) is 11.5 Å². The van der Waals surface area contributed by atoms with Gasteiger partial charge in [0.05, 0.1) is 13.0 Å². The third-order valence-electron chi connectivity index (χ3n) is 5.39. The SMILES string of the molecule is COc1cccc2c1OC[C@H](C(=O)NCc1cccc(N3CCCC3)c1)C2. The maximum absolute atomic E-state index is 12.6. The van der Waals surface area contributed by atoms with E-state index in [1.807, 2.05) is 18.2 Å². The van der Waals surface area contributed by atoms with Crippen molar-refractivity contribution in [3.05, 3.63) is 53.6 Å². The number of nitrogens with one attached hydrogen (secondary N) is 1. The van der Waals surface area contributed by atoms with Gasteiger partial charge < -0.3 is 19.7 Å². The van der Waals surface area contributed by atoms with Crippen LogP contribution in [0.3, 0.4) is 0 Å². The molecule has 0 bridgehead atoms. The van der Waals surface area contributed by atoms with E-state index in [-0.39, 0.29) is 11.8 Å². The summed E-state index contributed by atoms with van der Waals surface area (Å²) in [6, 6.07) is 14.3. The van der Waals surface area contributed by atoms with Gasteiger partial charge in [0.25, 0.3) is 0 Å². The maximum atomic E-state index is 12.6. The average molecular weight is 366 g/mol. The normalized spacial score (nSPS) is 18.6. The van der Waals surface area contributed by atoms with Gasteiger partial charge in [-0.25, -0.2) is 0 Å². The van der Waals surface area contributed by atoms with Crippen molar-refractivity contribution in [2.24, 2.45) is 5.92 Å². The standard InChI is InChI=1S/C22H26N2O3/c1-26-20-9-5-7-17-13-18(15-27-21(17)20)22(25)23-14-16-6-4-8-19(12-16)24-10-2-3-11-24/h4-9,12,18H,2-3,10-11,13-15H2,1H3,(H,23,25)/t18-/m1/s1. The zero-order valence-electron chi connectivity index (χ0n) is 15.7. The number of benzene rings is 2. The zero-order valence-corrected chi connectivity index (χ0v) is 15.7. The molecular weight excluding hydrogens is 340 g/mol. The third-order valence-corrected chi connectivity index (χ3v) is 5.39. The van der Waals surface area contributed by atoms with E-state index in [9.17, 15) is 4.79 Å². The summed E-state index contributed by atoms with van der Waals surface area (Å²) >= 11 is 0. The summed E-state index contributed by atoms with van der Waals surface area (Å²) in [7, 11) is 1.63. The van der Waals surface area contributed by atoms with Crippen LogP contribution in [0.25, 0.3) is 0 Å². The Balaban J connectivity index is 1.36. The first-order valence-corrected chi connectivity index (χ1v) is 9.65. The van der Waals surface area contributed by atoms with Crippen molar-refractivity contribution in [2.75, 3.05) is 31.7 Å². The van der Waals surface area contributed by atoms with E-state index < -0.39 is 0 Å². The lowest BCUT2D eigenvalue weighted by Crippen LogP contribution is -2.37. The van der Waals surface area contributed by atoms with Gasteiger partial charge in [-0.05, 0) is 48.6 Å². The van der Waals surface area contributed by atoms with E-state index >= 15 is 0 Å². The van der Waals surface area contributed by atoms with E-state index in [1.54, 1.807) is 7.11 Å². The molecule has 142 valence electrons. The molecule has 0 aliphatic carbocycles. The van der Waals surface area contributed by atoms with Gasteiger partial charge in [0.15, 0.2) is 11.5 Å². The number of methoxy groups -OCH3 is 1. The first-order chi connectivity index (χ1) is 13.2.